The van der Waals surface area contributed by atoms with Gasteiger partial charge in [-0.15, -0.1) is 11.3 Å². The lowest BCUT2D eigenvalue weighted by Gasteiger charge is -2.38. The highest BCUT2D eigenvalue weighted by atomic mass is 32.1. The van der Waals surface area contributed by atoms with Gasteiger partial charge in [-0.2, -0.15) is 0 Å². The number of hydrogen-bond acceptors (Lipinski definition) is 3. The molecule has 2 heterocycles. The maximum absolute atomic E-state index is 5.29. The Morgan fingerprint density at radius 2 is 2.19 bits per heavy atom. The zero-order chi connectivity index (χ0) is 15.3. The maximum atomic E-state index is 5.29. The molecule has 1 fully saturated rings. The van der Waals surface area contributed by atoms with Gasteiger partial charge in [-0.3, -0.25) is 4.99 Å². The van der Waals surface area contributed by atoms with Gasteiger partial charge in [0.2, 0.25) is 0 Å². The third-order valence-electron chi connectivity index (χ3n) is 3.75. The molecule has 2 rings (SSSR count). The van der Waals surface area contributed by atoms with Crippen LogP contribution in [0.5, 0.6) is 0 Å². The van der Waals surface area contributed by atoms with E-state index in [-0.39, 0.29) is 10.8 Å². The van der Waals surface area contributed by atoms with Gasteiger partial charge >= 0.3 is 0 Å². The van der Waals surface area contributed by atoms with Crippen molar-refractivity contribution in [2.45, 2.75) is 33.1 Å². The average Bonchev–Trinajstić information content (AvgIpc) is 2.94. The second-order valence-electron chi connectivity index (χ2n) is 6.71. The SMILES string of the molecule is CCNC(=NCC(C)(C)c1cccs1)NCC1(C)COC1. The number of thiophene rings is 1. The van der Waals surface area contributed by atoms with Crippen molar-refractivity contribution in [3.63, 3.8) is 0 Å². The number of rotatable bonds is 6. The highest BCUT2D eigenvalue weighted by Crippen LogP contribution is 2.28. The minimum Gasteiger partial charge on any atom is -0.380 e. The monoisotopic (exact) mass is 309 g/mol. The highest BCUT2D eigenvalue weighted by Gasteiger charge is 2.33. The van der Waals surface area contributed by atoms with Crippen LogP contribution in [0.2, 0.25) is 0 Å². The first-order chi connectivity index (χ1) is 9.95. The molecule has 21 heavy (non-hydrogen) atoms. The Kier molecular flexibility index (Phi) is 5.27. The van der Waals surface area contributed by atoms with Crippen LogP contribution in [0.15, 0.2) is 22.5 Å². The number of guanidine groups is 1. The minimum absolute atomic E-state index is 0.0694. The lowest BCUT2D eigenvalue weighted by Crippen LogP contribution is -2.51. The first kappa shape index (κ1) is 16.3. The van der Waals surface area contributed by atoms with Crippen molar-refractivity contribution < 1.29 is 4.74 Å². The van der Waals surface area contributed by atoms with Gasteiger partial charge in [0.15, 0.2) is 5.96 Å². The first-order valence-corrected chi connectivity index (χ1v) is 8.47. The summed E-state index contributed by atoms with van der Waals surface area (Å²) in [7, 11) is 0. The molecule has 5 heteroatoms. The van der Waals surface area contributed by atoms with E-state index in [1.165, 1.54) is 4.88 Å². The fourth-order valence-corrected chi connectivity index (χ4v) is 3.05. The van der Waals surface area contributed by atoms with E-state index < -0.39 is 0 Å². The number of nitrogens with zero attached hydrogens (tertiary/aromatic N) is 1. The van der Waals surface area contributed by atoms with Crippen molar-refractivity contribution in [2.75, 3.05) is 32.8 Å². The Hall–Kier alpha value is -1.07. The van der Waals surface area contributed by atoms with E-state index in [2.05, 4.69) is 55.8 Å². The van der Waals surface area contributed by atoms with Crippen LogP contribution < -0.4 is 10.6 Å². The molecule has 0 aromatic carbocycles. The first-order valence-electron chi connectivity index (χ1n) is 7.59. The zero-order valence-electron chi connectivity index (χ0n) is 13.5. The fourth-order valence-electron chi connectivity index (χ4n) is 2.21. The minimum atomic E-state index is 0.0694. The Balaban J connectivity index is 1.93. The van der Waals surface area contributed by atoms with Crippen LogP contribution in [0.1, 0.15) is 32.6 Å². The summed E-state index contributed by atoms with van der Waals surface area (Å²) in [5.74, 6) is 0.898. The molecule has 0 spiro atoms. The van der Waals surface area contributed by atoms with Crippen molar-refractivity contribution in [3.05, 3.63) is 22.4 Å². The molecule has 0 bridgehead atoms. The summed E-state index contributed by atoms with van der Waals surface area (Å²) in [6.45, 7) is 13.0. The molecule has 4 nitrogen and oxygen atoms in total. The average molecular weight is 309 g/mol. The molecule has 0 saturated carbocycles. The zero-order valence-corrected chi connectivity index (χ0v) is 14.3. The summed E-state index contributed by atoms with van der Waals surface area (Å²) < 4.78 is 5.29. The van der Waals surface area contributed by atoms with Crippen LogP contribution in [0.4, 0.5) is 0 Å². The van der Waals surface area contributed by atoms with Gasteiger partial charge in [0.05, 0.1) is 19.8 Å². The van der Waals surface area contributed by atoms with Gasteiger partial charge in [0.25, 0.3) is 0 Å². The summed E-state index contributed by atoms with van der Waals surface area (Å²) in [6, 6.07) is 4.29. The van der Waals surface area contributed by atoms with Crippen molar-refractivity contribution >= 4 is 17.3 Å². The lowest BCUT2D eigenvalue weighted by molar-refractivity contribution is -0.0971. The molecule has 0 atom stereocenters. The third kappa shape index (κ3) is 4.45. The van der Waals surface area contributed by atoms with Crippen LogP contribution in [0, 0.1) is 5.41 Å². The van der Waals surface area contributed by atoms with E-state index in [9.17, 15) is 0 Å². The largest absolute Gasteiger partial charge is 0.380 e. The molecule has 1 aliphatic heterocycles. The summed E-state index contributed by atoms with van der Waals surface area (Å²) in [5.41, 5.74) is 0.319. The standard InChI is InChI=1S/C16H27N3OS/c1-5-17-14(19-10-16(4)11-20-12-16)18-9-15(2,3)13-7-6-8-21-13/h6-8H,5,9-12H2,1-4H3,(H2,17,18,19). The van der Waals surface area contributed by atoms with Crippen molar-refractivity contribution in [1.82, 2.24) is 10.6 Å². The second-order valence-corrected chi connectivity index (χ2v) is 7.66. The van der Waals surface area contributed by atoms with Crippen LogP contribution >= 0.6 is 11.3 Å². The summed E-state index contributed by atoms with van der Waals surface area (Å²) in [5, 5.41) is 8.89. The molecule has 118 valence electrons. The smallest absolute Gasteiger partial charge is 0.191 e. The van der Waals surface area contributed by atoms with Crippen LogP contribution in [-0.2, 0) is 10.2 Å². The van der Waals surface area contributed by atoms with Gasteiger partial charge in [-0.1, -0.05) is 26.8 Å². The molecule has 2 N–H and O–H groups in total. The number of hydrogen-bond donors (Lipinski definition) is 2. The molecule has 0 unspecified atom stereocenters. The highest BCUT2D eigenvalue weighted by molar-refractivity contribution is 7.10. The Bertz CT molecular complexity index is 464. The van der Waals surface area contributed by atoms with E-state index in [0.717, 1.165) is 38.8 Å². The summed E-state index contributed by atoms with van der Waals surface area (Å²) >= 11 is 1.80. The van der Waals surface area contributed by atoms with Gasteiger partial charge < -0.3 is 15.4 Å². The number of nitrogens with one attached hydrogen (secondary N) is 2. The second kappa shape index (κ2) is 6.79. The number of ether oxygens (including phenoxy) is 1. The van der Waals surface area contributed by atoms with Crippen molar-refractivity contribution in [3.8, 4) is 0 Å². The van der Waals surface area contributed by atoms with E-state index >= 15 is 0 Å². The van der Waals surface area contributed by atoms with Crippen molar-refractivity contribution in [2.24, 2.45) is 10.4 Å². The predicted molar refractivity (Wildman–Crippen MR) is 90.3 cm³/mol. The molecule has 0 aliphatic carbocycles. The van der Waals surface area contributed by atoms with E-state index in [0.29, 0.717) is 0 Å². The Morgan fingerprint density at radius 1 is 1.43 bits per heavy atom. The maximum Gasteiger partial charge on any atom is 0.191 e. The van der Waals surface area contributed by atoms with Gasteiger partial charge in [0, 0.05) is 28.8 Å². The van der Waals surface area contributed by atoms with Gasteiger partial charge in [0.1, 0.15) is 0 Å². The molecular formula is C16H27N3OS. The van der Waals surface area contributed by atoms with E-state index in [4.69, 9.17) is 9.73 Å². The van der Waals surface area contributed by atoms with E-state index in [1.807, 2.05) is 0 Å². The normalized spacial score (nSPS) is 18.2. The molecule has 1 aromatic rings. The molecule has 0 amide bonds. The lowest BCUT2D eigenvalue weighted by atomic mass is 9.89. The molecule has 1 saturated heterocycles. The van der Waals surface area contributed by atoms with Gasteiger partial charge in [-0.25, -0.2) is 0 Å². The summed E-state index contributed by atoms with van der Waals surface area (Å²) in [6.07, 6.45) is 0. The van der Waals surface area contributed by atoms with E-state index in [1.54, 1.807) is 11.3 Å². The van der Waals surface area contributed by atoms with Crippen molar-refractivity contribution in [1.29, 1.82) is 0 Å². The quantitative estimate of drug-likeness (QED) is 0.627. The summed E-state index contributed by atoms with van der Waals surface area (Å²) in [4.78, 5) is 6.14. The Labute approximate surface area is 132 Å². The Morgan fingerprint density at radius 3 is 2.71 bits per heavy atom. The van der Waals surface area contributed by atoms with Crippen LogP contribution in [0.25, 0.3) is 0 Å². The predicted octanol–water partition coefficient (Wildman–Crippen LogP) is 2.62. The fraction of sp³-hybridized carbons (Fsp3) is 0.688. The molecule has 1 aliphatic rings. The topological polar surface area (TPSA) is 45.7 Å². The van der Waals surface area contributed by atoms with Crippen LogP contribution in [0.3, 0.4) is 0 Å². The molecular weight excluding hydrogens is 282 g/mol. The van der Waals surface area contributed by atoms with Crippen LogP contribution in [-0.4, -0.2) is 38.8 Å². The molecule has 0 radical (unpaired) electrons. The molecule has 1 aromatic heterocycles. The van der Waals surface area contributed by atoms with Gasteiger partial charge in [-0.05, 0) is 18.4 Å². The number of aliphatic imine (C=N–C) groups is 1. The third-order valence-corrected chi connectivity index (χ3v) is 4.98.